The van der Waals surface area contributed by atoms with Crippen LogP contribution in [0.2, 0.25) is 5.02 Å². The van der Waals surface area contributed by atoms with Crippen LogP contribution in [0.15, 0.2) is 72.8 Å². The minimum absolute atomic E-state index is 0.224. The molecule has 6 nitrogen and oxygen atoms in total. The zero-order chi connectivity index (χ0) is 21.1. The Morgan fingerprint density at radius 1 is 1.10 bits per heavy atom. The highest BCUT2D eigenvalue weighted by Crippen LogP contribution is 2.33. The van der Waals surface area contributed by atoms with Crippen LogP contribution in [0.3, 0.4) is 0 Å². The minimum Gasteiger partial charge on any atom is -0.483 e. The lowest BCUT2D eigenvalue weighted by atomic mass is 10.0. The summed E-state index contributed by atoms with van der Waals surface area (Å²) >= 11 is 6.08. The van der Waals surface area contributed by atoms with Crippen LogP contribution in [-0.2, 0) is 4.79 Å². The molecular weight excluding hydrogens is 402 g/mol. The number of aryl methyl sites for hydroxylation is 1. The van der Waals surface area contributed by atoms with Crippen molar-refractivity contribution in [3.63, 3.8) is 0 Å². The number of benzene rings is 3. The summed E-state index contributed by atoms with van der Waals surface area (Å²) < 4.78 is 5.61. The highest BCUT2D eigenvalue weighted by atomic mass is 35.5. The van der Waals surface area contributed by atoms with Gasteiger partial charge in [-0.15, -0.1) is 0 Å². The summed E-state index contributed by atoms with van der Waals surface area (Å²) in [6, 6.07) is 21.9. The first kappa shape index (κ1) is 19.8. The monoisotopic (exact) mass is 421 g/mol. The lowest BCUT2D eigenvalue weighted by molar-refractivity contribution is -0.127. The number of carbonyl (C=O) groups is 2. The lowest BCUT2D eigenvalue weighted by Crippen LogP contribution is -2.53. The van der Waals surface area contributed by atoms with Crippen LogP contribution in [0, 0.1) is 6.92 Å². The molecule has 0 radical (unpaired) electrons. The first-order valence-electron chi connectivity index (χ1n) is 9.45. The van der Waals surface area contributed by atoms with E-state index in [0.717, 1.165) is 11.1 Å². The fraction of sp³-hybridized carbons (Fsp3) is 0.130. The zero-order valence-corrected chi connectivity index (χ0v) is 17.0. The Hall–Kier alpha value is -3.51. The second kappa shape index (κ2) is 8.47. The van der Waals surface area contributed by atoms with Gasteiger partial charge >= 0.3 is 0 Å². The van der Waals surface area contributed by atoms with Gasteiger partial charge in [0.05, 0.1) is 5.56 Å². The molecule has 30 heavy (non-hydrogen) atoms. The second-order valence-electron chi connectivity index (χ2n) is 6.91. The first-order chi connectivity index (χ1) is 14.5. The van der Waals surface area contributed by atoms with Crippen LogP contribution >= 0.6 is 11.6 Å². The molecule has 3 aromatic carbocycles. The molecule has 7 heteroatoms. The van der Waals surface area contributed by atoms with E-state index in [1.54, 1.807) is 24.3 Å². The summed E-state index contributed by atoms with van der Waals surface area (Å²) in [6.45, 7) is 1.68. The third kappa shape index (κ3) is 4.09. The summed E-state index contributed by atoms with van der Waals surface area (Å²) in [7, 11) is 0. The standard InChI is InChI=1S/C23H20ClN3O3/c1-15-7-5-6-10-20(15)30-14-21(28)26-27-22(16-8-3-2-4-9-16)25-19-12-11-17(24)13-18(19)23(27)29/h2-13,22,25H,14H2,1H3,(H,26,28). The SMILES string of the molecule is Cc1ccccc1OCC(=O)NN1C(=O)c2cc(Cl)ccc2NC1c1ccccc1. The van der Waals surface area contributed by atoms with Crippen molar-refractivity contribution in [1.29, 1.82) is 0 Å². The number of hydrogen-bond acceptors (Lipinski definition) is 4. The summed E-state index contributed by atoms with van der Waals surface area (Å²) in [5.41, 5.74) is 5.47. The smallest absolute Gasteiger partial charge is 0.276 e. The molecule has 1 aliphatic heterocycles. The quantitative estimate of drug-likeness (QED) is 0.643. The largest absolute Gasteiger partial charge is 0.483 e. The average Bonchev–Trinajstić information content (AvgIpc) is 2.76. The highest BCUT2D eigenvalue weighted by Gasteiger charge is 2.34. The number of nitrogens with one attached hydrogen (secondary N) is 2. The number of halogens is 1. The number of para-hydroxylation sites is 1. The molecular formula is C23H20ClN3O3. The van der Waals surface area contributed by atoms with Crippen molar-refractivity contribution >= 4 is 29.1 Å². The Kier molecular flexibility index (Phi) is 5.59. The van der Waals surface area contributed by atoms with Crippen molar-refractivity contribution in [2.45, 2.75) is 13.1 Å². The van der Waals surface area contributed by atoms with Gasteiger partial charge in [0.15, 0.2) is 6.61 Å². The first-order valence-corrected chi connectivity index (χ1v) is 9.83. The van der Waals surface area contributed by atoms with E-state index >= 15 is 0 Å². The van der Waals surface area contributed by atoms with Crippen LogP contribution < -0.4 is 15.5 Å². The van der Waals surface area contributed by atoms with Gasteiger partial charge in [-0.1, -0.05) is 60.1 Å². The van der Waals surface area contributed by atoms with Gasteiger partial charge in [-0.2, -0.15) is 0 Å². The van der Waals surface area contributed by atoms with E-state index in [4.69, 9.17) is 16.3 Å². The molecule has 3 aromatic rings. The Labute approximate surface area is 179 Å². The fourth-order valence-corrected chi connectivity index (χ4v) is 3.46. The normalized spacial score (nSPS) is 15.2. The number of carbonyl (C=O) groups excluding carboxylic acids is 2. The van der Waals surface area contributed by atoms with Crippen LogP contribution in [-0.4, -0.2) is 23.4 Å². The topological polar surface area (TPSA) is 70.7 Å². The Bertz CT molecular complexity index is 1090. The summed E-state index contributed by atoms with van der Waals surface area (Å²) in [4.78, 5) is 25.8. The van der Waals surface area contributed by atoms with Gasteiger partial charge in [0.1, 0.15) is 11.9 Å². The van der Waals surface area contributed by atoms with Gasteiger partial charge in [0.25, 0.3) is 11.8 Å². The van der Waals surface area contributed by atoms with Gasteiger partial charge in [0, 0.05) is 10.7 Å². The third-order valence-corrected chi connectivity index (χ3v) is 5.03. The van der Waals surface area contributed by atoms with E-state index < -0.39 is 12.1 Å². The molecule has 0 spiro atoms. The van der Waals surface area contributed by atoms with E-state index in [2.05, 4.69) is 10.7 Å². The molecule has 1 heterocycles. The summed E-state index contributed by atoms with van der Waals surface area (Å²) in [5.74, 6) is -0.184. The maximum Gasteiger partial charge on any atom is 0.276 e. The molecule has 0 fully saturated rings. The minimum atomic E-state index is -0.574. The number of ether oxygens (including phenoxy) is 1. The maximum atomic E-state index is 13.2. The van der Waals surface area contributed by atoms with Crippen molar-refractivity contribution < 1.29 is 14.3 Å². The summed E-state index contributed by atoms with van der Waals surface area (Å²) in [6.07, 6.45) is -0.574. The maximum absolute atomic E-state index is 13.2. The number of nitrogens with zero attached hydrogens (tertiary/aromatic N) is 1. The predicted molar refractivity (Wildman–Crippen MR) is 115 cm³/mol. The molecule has 0 saturated heterocycles. The Balaban J connectivity index is 1.57. The molecule has 4 rings (SSSR count). The Morgan fingerprint density at radius 2 is 1.83 bits per heavy atom. The lowest BCUT2D eigenvalue weighted by Gasteiger charge is -2.37. The average molecular weight is 422 g/mol. The highest BCUT2D eigenvalue weighted by molar-refractivity contribution is 6.31. The van der Waals surface area contributed by atoms with E-state index in [1.165, 1.54) is 5.01 Å². The van der Waals surface area contributed by atoms with Crippen LogP contribution in [0.25, 0.3) is 0 Å². The van der Waals surface area contributed by atoms with Crippen LogP contribution in [0.5, 0.6) is 5.75 Å². The molecule has 1 atom stereocenters. The van der Waals surface area contributed by atoms with Crippen molar-refractivity contribution in [2.75, 3.05) is 11.9 Å². The van der Waals surface area contributed by atoms with Gasteiger partial charge in [-0.25, -0.2) is 5.01 Å². The van der Waals surface area contributed by atoms with E-state index in [-0.39, 0.29) is 12.5 Å². The van der Waals surface area contributed by atoms with Crippen molar-refractivity contribution in [3.05, 3.63) is 94.5 Å². The molecule has 0 aromatic heterocycles. The van der Waals surface area contributed by atoms with E-state index in [1.807, 2.05) is 55.5 Å². The van der Waals surface area contributed by atoms with E-state index in [9.17, 15) is 9.59 Å². The summed E-state index contributed by atoms with van der Waals surface area (Å²) in [5, 5.41) is 5.02. The predicted octanol–water partition coefficient (Wildman–Crippen LogP) is 4.33. The molecule has 2 N–H and O–H groups in total. The molecule has 1 aliphatic rings. The number of amides is 2. The molecule has 152 valence electrons. The van der Waals surface area contributed by atoms with Gasteiger partial charge in [-0.3, -0.25) is 15.0 Å². The second-order valence-corrected chi connectivity index (χ2v) is 7.35. The van der Waals surface area contributed by atoms with Crippen molar-refractivity contribution in [1.82, 2.24) is 10.4 Å². The fourth-order valence-electron chi connectivity index (χ4n) is 3.29. The zero-order valence-electron chi connectivity index (χ0n) is 16.3. The number of hydrogen-bond donors (Lipinski definition) is 2. The van der Waals surface area contributed by atoms with Gasteiger partial charge in [-0.05, 0) is 42.3 Å². The molecule has 0 aliphatic carbocycles. The number of hydrazine groups is 1. The number of rotatable bonds is 5. The Morgan fingerprint density at radius 3 is 2.60 bits per heavy atom. The van der Waals surface area contributed by atoms with Gasteiger partial charge in [0.2, 0.25) is 0 Å². The number of anilines is 1. The molecule has 1 unspecified atom stereocenters. The van der Waals surface area contributed by atoms with E-state index in [0.29, 0.717) is 22.0 Å². The third-order valence-electron chi connectivity index (χ3n) is 4.79. The van der Waals surface area contributed by atoms with Crippen LogP contribution in [0.1, 0.15) is 27.7 Å². The number of fused-ring (bicyclic) bond motifs is 1. The van der Waals surface area contributed by atoms with Crippen LogP contribution in [0.4, 0.5) is 5.69 Å². The molecule has 0 saturated carbocycles. The van der Waals surface area contributed by atoms with Crippen molar-refractivity contribution in [2.24, 2.45) is 0 Å². The molecule has 0 bridgehead atoms. The van der Waals surface area contributed by atoms with Crippen molar-refractivity contribution in [3.8, 4) is 5.75 Å². The van der Waals surface area contributed by atoms with Gasteiger partial charge < -0.3 is 10.1 Å². The molecule has 2 amide bonds.